The minimum Gasteiger partial charge on any atom is -0.444 e. The first-order chi connectivity index (χ1) is 12.8. The van der Waals surface area contributed by atoms with E-state index in [9.17, 15) is 4.79 Å². The molecule has 0 spiro atoms. The molecule has 2 N–H and O–H groups in total. The van der Waals surface area contributed by atoms with Crippen LogP contribution < -0.4 is 10.6 Å². The van der Waals surface area contributed by atoms with E-state index in [0.717, 1.165) is 58.2 Å². The maximum Gasteiger partial charge on any atom is 0.407 e. The van der Waals surface area contributed by atoms with Gasteiger partial charge >= 0.3 is 6.09 Å². The number of likely N-dealkylation sites (tertiary alicyclic amines) is 1. The number of carbonyl (C=O) groups is 1. The summed E-state index contributed by atoms with van der Waals surface area (Å²) in [6.45, 7) is 13.8. The quantitative estimate of drug-likeness (QED) is 0.339. The number of ether oxygens (including phenoxy) is 1. The molecule has 0 aromatic heterocycles. The van der Waals surface area contributed by atoms with E-state index in [2.05, 4.69) is 37.4 Å². The molecule has 164 valence electrons. The topological polar surface area (TPSA) is 72.4 Å². The van der Waals surface area contributed by atoms with Gasteiger partial charge in [-0.15, -0.1) is 24.0 Å². The fourth-order valence-electron chi connectivity index (χ4n) is 3.53. The van der Waals surface area contributed by atoms with Crippen LogP contribution >= 0.6 is 24.0 Å². The Morgan fingerprint density at radius 1 is 1.18 bits per heavy atom. The van der Waals surface area contributed by atoms with E-state index in [1.165, 1.54) is 13.0 Å². The average molecular weight is 510 g/mol. The van der Waals surface area contributed by atoms with Crippen LogP contribution in [0.4, 0.5) is 4.79 Å². The summed E-state index contributed by atoms with van der Waals surface area (Å²) in [4.78, 5) is 23.5. The van der Waals surface area contributed by atoms with Gasteiger partial charge in [-0.2, -0.15) is 0 Å². The monoisotopic (exact) mass is 510 g/mol. The van der Waals surface area contributed by atoms with E-state index in [-0.39, 0.29) is 36.1 Å². The van der Waals surface area contributed by atoms with Gasteiger partial charge in [0.05, 0.1) is 6.04 Å². The molecular weight excluding hydrogens is 471 g/mol. The first-order valence-electron chi connectivity index (χ1n) is 10.1. The van der Waals surface area contributed by atoms with Crippen LogP contribution in [0.5, 0.6) is 0 Å². The van der Waals surface area contributed by atoms with Gasteiger partial charge in [0.25, 0.3) is 0 Å². The second-order valence-corrected chi connectivity index (χ2v) is 8.55. The third-order valence-corrected chi connectivity index (χ3v) is 4.94. The van der Waals surface area contributed by atoms with Crippen molar-refractivity contribution in [3.8, 4) is 0 Å². The summed E-state index contributed by atoms with van der Waals surface area (Å²) in [7, 11) is 4.01. The number of guanidine groups is 1. The Morgan fingerprint density at radius 3 is 2.61 bits per heavy atom. The smallest absolute Gasteiger partial charge is 0.407 e. The highest BCUT2D eigenvalue weighted by Gasteiger charge is 2.27. The van der Waals surface area contributed by atoms with Crippen LogP contribution in [0.3, 0.4) is 0 Å². The number of halogens is 1. The number of hydrogen-bond donors (Lipinski definition) is 2. The highest BCUT2D eigenvalue weighted by atomic mass is 127. The van der Waals surface area contributed by atoms with Crippen LogP contribution in [0.15, 0.2) is 4.99 Å². The van der Waals surface area contributed by atoms with Gasteiger partial charge in [0, 0.05) is 46.3 Å². The van der Waals surface area contributed by atoms with Crippen molar-refractivity contribution in [3.63, 3.8) is 0 Å². The van der Waals surface area contributed by atoms with E-state index >= 15 is 0 Å². The van der Waals surface area contributed by atoms with E-state index in [1.807, 2.05) is 27.8 Å². The van der Waals surface area contributed by atoms with Gasteiger partial charge in [-0.1, -0.05) is 0 Å². The maximum absolute atomic E-state index is 12.0. The fourth-order valence-corrected chi connectivity index (χ4v) is 3.53. The van der Waals surface area contributed by atoms with Gasteiger partial charge in [0.1, 0.15) is 5.60 Å². The number of likely N-dealkylation sites (N-methyl/N-ethyl adjacent to an activating group) is 1. The Hall–Kier alpha value is -0.810. The number of hydrogen-bond acceptors (Lipinski definition) is 5. The molecule has 2 rings (SSSR count). The van der Waals surface area contributed by atoms with Gasteiger partial charge in [-0.3, -0.25) is 4.99 Å². The molecule has 2 heterocycles. The molecule has 0 aromatic carbocycles. The van der Waals surface area contributed by atoms with Crippen molar-refractivity contribution < 1.29 is 9.53 Å². The summed E-state index contributed by atoms with van der Waals surface area (Å²) in [5.41, 5.74) is -0.470. The lowest BCUT2D eigenvalue weighted by Crippen LogP contribution is -2.46. The summed E-state index contributed by atoms with van der Waals surface area (Å²) in [6.07, 6.45) is 1.79. The predicted molar refractivity (Wildman–Crippen MR) is 125 cm³/mol. The van der Waals surface area contributed by atoms with Gasteiger partial charge < -0.3 is 30.1 Å². The molecule has 9 heteroatoms. The van der Waals surface area contributed by atoms with Crippen LogP contribution in [-0.2, 0) is 4.74 Å². The molecule has 28 heavy (non-hydrogen) atoms. The molecule has 2 fully saturated rings. The second-order valence-electron chi connectivity index (χ2n) is 8.55. The van der Waals surface area contributed by atoms with E-state index in [4.69, 9.17) is 4.74 Å². The van der Waals surface area contributed by atoms with Crippen LogP contribution in [0.25, 0.3) is 0 Å². The first kappa shape index (κ1) is 25.2. The summed E-state index contributed by atoms with van der Waals surface area (Å²) in [6, 6.07) is 0.0968. The van der Waals surface area contributed by atoms with E-state index in [1.54, 1.807) is 0 Å². The molecule has 0 aromatic rings. The Kier molecular flexibility index (Phi) is 10.8. The van der Waals surface area contributed by atoms with Crippen molar-refractivity contribution in [2.24, 2.45) is 4.99 Å². The first-order valence-corrected chi connectivity index (χ1v) is 10.1. The number of nitrogens with zero attached hydrogens (tertiary/aromatic N) is 4. The van der Waals surface area contributed by atoms with E-state index in [0.29, 0.717) is 0 Å². The number of alkyl carbamates (subject to hydrolysis) is 1. The zero-order valence-electron chi connectivity index (χ0n) is 18.2. The minimum absolute atomic E-state index is 0. The Balaban J connectivity index is 0.00000392. The third-order valence-electron chi connectivity index (χ3n) is 4.94. The molecule has 0 bridgehead atoms. The molecule has 0 aliphatic carbocycles. The van der Waals surface area contributed by atoms with Crippen molar-refractivity contribution in [2.45, 2.75) is 45.3 Å². The molecule has 0 saturated carbocycles. The summed E-state index contributed by atoms with van der Waals surface area (Å²) >= 11 is 0. The van der Waals surface area contributed by atoms with Crippen LogP contribution in [-0.4, -0.2) is 105 Å². The number of aliphatic imine (C=N–C) groups is 1. The second kappa shape index (κ2) is 12.0. The molecule has 0 radical (unpaired) electrons. The van der Waals surface area contributed by atoms with Crippen molar-refractivity contribution >= 4 is 36.0 Å². The molecule has 1 amide bonds. The van der Waals surface area contributed by atoms with Crippen LogP contribution in [0.1, 0.15) is 33.6 Å². The Labute approximate surface area is 187 Å². The Morgan fingerprint density at radius 2 is 1.93 bits per heavy atom. The maximum atomic E-state index is 12.0. The van der Waals surface area contributed by atoms with Gasteiger partial charge in [-0.05, 0) is 53.8 Å². The lowest BCUT2D eigenvalue weighted by atomic mass is 10.2. The molecule has 1 unspecified atom stereocenters. The van der Waals surface area contributed by atoms with Crippen LogP contribution in [0, 0.1) is 0 Å². The number of nitrogens with one attached hydrogen (secondary N) is 2. The molecular formula is C19H39IN6O2. The number of amides is 1. The summed E-state index contributed by atoms with van der Waals surface area (Å²) in [5.74, 6) is 0.912. The SMILES string of the molecule is CN=C(NCCN1CCCN(C)CC1)N1CCC(NC(=O)OC(C)(C)C)C1.I. The molecule has 2 aliphatic heterocycles. The largest absolute Gasteiger partial charge is 0.444 e. The summed E-state index contributed by atoms with van der Waals surface area (Å²) < 4.78 is 5.35. The number of carbonyl (C=O) groups excluding carboxylic acids is 1. The lowest BCUT2D eigenvalue weighted by Gasteiger charge is -2.25. The average Bonchev–Trinajstić information content (AvgIpc) is 2.91. The van der Waals surface area contributed by atoms with E-state index < -0.39 is 5.60 Å². The summed E-state index contributed by atoms with van der Waals surface area (Å²) in [5, 5.41) is 6.44. The van der Waals surface area contributed by atoms with Crippen molar-refractivity contribution in [1.29, 1.82) is 0 Å². The van der Waals surface area contributed by atoms with Gasteiger partial charge in [-0.25, -0.2) is 4.79 Å². The highest BCUT2D eigenvalue weighted by Crippen LogP contribution is 2.12. The molecule has 8 nitrogen and oxygen atoms in total. The molecule has 1 atom stereocenters. The predicted octanol–water partition coefficient (Wildman–Crippen LogP) is 1.42. The third kappa shape index (κ3) is 9.13. The van der Waals surface area contributed by atoms with Crippen molar-refractivity contribution in [1.82, 2.24) is 25.3 Å². The zero-order chi connectivity index (χ0) is 19.9. The lowest BCUT2D eigenvalue weighted by molar-refractivity contribution is 0.0507. The van der Waals surface area contributed by atoms with Crippen LogP contribution in [0.2, 0.25) is 0 Å². The molecule has 2 aliphatic rings. The Bertz CT molecular complexity index is 511. The zero-order valence-corrected chi connectivity index (χ0v) is 20.5. The highest BCUT2D eigenvalue weighted by molar-refractivity contribution is 14.0. The fraction of sp³-hybridized carbons (Fsp3) is 0.895. The van der Waals surface area contributed by atoms with Crippen molar-refractivity contribution in [2.75, 3.05) is 66.5 Å². The normalized spacial score (nSPS) is 22.4. The standard InChI is InChI=1S/C19H38N6O2.HI/c1-19(2,3)27-18(26)22-16-7-11-25(15-16)17(20-4)21-8-12-24-10-6-9-23(5)13-14-24;/h16H,6-15H2,1-5H3,(H,20,21)(H,22,26);1H. The minimum atomic E-state index is -0.470. The number of rotatable bonds is 4. The van der Waals surface area contributed by atoms with Gasteiger partial charge in [0.15, 0.2) is 5.96 Å². The van der Waals surface area contributed by atoms with Gasteiger partial charge in [0.2, 0.25) is 0 Å². The molecule has 2 saturated heterocycles. The van der Waals surface area contributed by atoms with Crippen molar-refractivity contribution in [3.05, 3.63) is 0 Å².